The van der Waals surface area contributed by atoms with Gasteiger partial charge in [-0.2, -0.15) is 0 Å². The fourth-order valence-corrected chi connectivity index (χ4v) is 4.37. The van der Waals surface area contributed by atoms with Crippen LogP contribution in [0.5, 0.6) is 0 Å². The zero-order valence-corrected chi connectivity index (χ0v) is 13.1. The van der Waals surface area contributed by atoms with E-state index in [0.717, 1.165) is 5.56 Å². The molecule has 1 aliphatic heterocycles. The number of benzene rings is 1. The number of sulfone groups is 1. The molecule has 1 aliphatic rings. The van der Waals surface area contributed by atoms with Crippen molar-refractivity contribution in [3.63, 3.8) is 0 Å². The third-order valence-electron chi connectivity index (χ3n) is 3.54. The van der Waals surface area contributed by atoms with Gasteiger partial charge in [0.05, 0.1) is 17.4 Å². The maximum absolute atomic E-state index is 12.8. The van der Waals surface area contributed by atoms with Crippen molar-refractivity contribution in [1.29, 1.82) is 0 Å². The van der Waals surface area contributed by atoms with Gasteiger partial charge in [-0.3, -0.25) is 4.79 Å². The molecule has 116 valence electrons. The van der Waals surface area contributed by atoms with E-state index in [1.807, 2.05) is 13.8 Å². The second kappa shape index (κ2) is 6.13. The average Bonchev–Trinajstić information content (AvgIpc) is 2.27. The van der Waals surface area contributed by atoms with Gasteiger partial charge < -0.3 is 4.90 Å². The van der Waals surface area contributed by atoms with Gasteiger partial charge in [-0.05, 0) is 23.6 Å². The summed E-state index contributed by atoms with van der Waals surface area (Å²) in [4.78, 5) is 13.6. The van der Waals surface area contributed by atoms with Crippen LogP contribution in [-0.4, -0.2) is 43.3 Å². The van der Waals surface area contributed by atoms with Crippen molar-refractivity contribution in [2.24, 2.45) is 5.92 Å². The quantitative estimate of drug-likeness (QED) is 0.830. The van der Waals surface area contributed by atoms with E-state index in [1.54, 1.807) is 17.0 Å². The van der Waals surface area contributed by atoms with Crippen molar-refractivity contribution in [1.82, 2.24) is 4.90 Å². The average molecular weight is 313 g/mol. The van der Waals surface area contributed by atoms with Crippen molar-refractivity contribution < 1.29 is 17.6 Å². The van der Waals surface area contributed by atoms with Crippen molar-refractivity contribution in [3.8, 4) is 0 Å². The van der Waals surface area contributed by atoms with Gasteiger partial charge in [-0.1, -0.05) is 26.0 Å². The predicted octanol–water partition coefficient (Wildman–Crippen LogP) is 1.65. The molecule has 0 N–H and O–H groups in total. The van der Waals surface area contributed by atoms with Crippen LogP contribution in [0.25, 0.3) is 0 Å². The minimum Gasteiger partial charge on any atom is -0.340 e. The van der Waals surface area contributed by atoms with Crippen molar-refractivity contribution in [2.75, 3.05) is 18.8 Å². The van der Waals surface area contributed by atoms with Crippen LogP contribution in [0, 0.1) is 11.7 Å². The van der Waals surface area contributed by atoms with Gasteiger partial charge in [-0.25, -0.2) is 12.8 Å². The minimum atomic E-state index is -3.11. The van der Waals surface area contributed by atoms with Crippen LogP contribution in [0.3, 0.4) is 0 Å². The molecule has 2 rings (SSSR count). The molecule has 0 radical (unpaired) electrons. The molecule has 21 heavy (non-hydrogen) atoms. The van der Waals surface area contributed by atoms with E-state index in [1.165, 1.54) is 12.1 Å². The van der Waals surface area contributed by atoms with E-state index < -0.39 is 15.1 Å². The van der Waals surface area contributed by atoms with Gasteiger partial charge in [0, 0.05) is 13.1 Å². The second-order valence-electron chi connectivity index (χ2n) is 5.95. The summed E-state index contributed by atoms with van der Waals surface area (Å²) in [5, 5.41) is -0.433. The van der Waals surface area contributed by atoms with E-state index in [2.05, 4.69) is 0 Å². The van der Waals surface area contributed by atoms with Gasteiger partial charge in [0.25, 0.3) is 0 Å². The number of carbonyl (C=O) groups is 1. The van der Waals surface area contributed by atoms with Crippen LogP contribution >= 0.6 is 0 Å². The third kappa shape index (κ3) is 4.03. The molecular weight excluding hydrogens is 293 g/mol. The molecule has 1 aromatic carbocycles. The Hall–Kier alpha value is -1.43. The van der Waals surface area contributed by atoms with E-state index >= 15 is 0 Å². The summed E-state index contributed by atoms with van der Waals surface area (Å²) < 4.78 is 36.8. The van der Waals surface area contributed by atoms with Crippen LogP contribution < -0.4 is 0 Å². The molecule has 0 saturated carbocycles. The first kappa shape index (κ1) is 15.9. The van der Waals surface area contributed by atoms with Crippen LogP contribution in [0.15, 0.2) is 24.3 Å². The van der Waals surface area contributed by atoms with Crippen LogP contribution in [-0.2, 0) is 21.1 Å². The minimum absolute atomic E-state index is 0.0963. The lowest BCUT2D eigenvalue weighted by Crippen LogP contribution is -2.58. The number of amides is 1. The summed E-state index contributed by atoms with van der Waals surface area (Å²) in [5.74, 6) is -0.191. The Morgan fingerprint density at radius 2 is 1.86 bits per heavy atom. The first-order valence-corrected chi connectivity index (χ1v) is 8.73. The third-order valence-corrected chi connectivity index (χ3v) is 5.99. The summed E-state index contributed by atoms with van der Waals surface area (Å²) >= 11 is 0. The molecule has 0 aromatic heterocycles. The molecule has 1 heterocycles. The van der Waals surface area contributed by atoms with E-state index in [0.29, 0.717) is 0 Å². The normalized spacial score (nSPS) is 16.1. The molecule has 0 aliphatic carbocycles. The van der Waals surface area contributed by atoms with E-state index in [9.17, 15) is 17.6 Å². The molecule has 1 amide bonds. The molecule has 1 saturated heterocycles. The highest BCUT2D eigenvalue weighted by molar-refractivity contribution is 7.92. The zero-order valence-electron chi connectivity index (χ0n) is 12.3. The van der Waals surface area contributed by atoms with E-state index in [4.69, 9.17) is 0 Å². The van der Waals surface area contributed by atoms with Gasteiger partial charge >= 0.3 is 0 Å². The van der Waals surface area contributed by atoms with Gasteiger partial charge in [0.2, 0.25) is 5.91 Å². The maximum Gasteiger partial charge on any atom is 0.227 e. The number of nitrogens with zero attached hydrogens (tertiary/aromatic N) is 1. The first-order valence-electron chi connectivity index (χ1n) is 7.01. The Morgan fingerprint density at radius 1 is 1.29 bits per heavy atom. The Bertz CT molecular complexity index is 604. The summed E-state index contributed by atoms with van der Waals surface area (Å²) in [7, 11) is -3.11. The Labute approximate surface area is 124 Å². The number of carbonyl (C=O) groups excluding carboxylic acids is 1. The SMILES string of the molecule is CC(C)CS(=O)(=O)C1CN(C(=O)Cc2ccc(F)cc2)C1. The Balaban J connectivity index is 1.86. The topological polar surface area (TPSA) is 54.5 Å². The second-order valence-corrected chi connectivity index (χ2v) is 8.27. The largest absolute Gasteiger partial charge is 0.340 e. The van der Waals surface area contributed by atoms with Crippen molar-refractivity contribution in [3.05, 3.63) is 35.6 Å². The van der Waals surface area contributed by atoms with Gasteiger partial charge in [0.15, 0.2) is 9.84 Å². The lowest BCUT2D eigenvalue weighted by molar-refractivity contribution is -0.133. The molecule has 6 heteroatoms. The van der Waals surface area contributed by atoms with E-state index in [-0.39, 0.29) is 42.9 Å². The lowest BCUT2D eigenvalue weighted by atomic mass is 10.1. The van der Waals surface area contributed by atoms with Gasteiger partial charge in [0.1, 0.15) is 5.82 Å². The number of hydrogen-bond acceptors (Lipinski definition) is 3. The fourth-order valence-electron chi connectivity index (χ4n) is 2.36. The number of hydrogen-bond donors (Lipinski definition) is 0. The molecule has 0 bridgehead atoms. The molecule has 1 aromatic rings. The van der Waals surface area contributed by atoms with Crippen LogP contribution in [0.2, 0.25) is 0 Å². The lowest BCUT2D eigenvalue weighted by Gasteiger charge is -2.39. The fraction of sp³-hybridized carbons (Fsp3) is 0.533. The van der Waals surface area contributed by atoms with Gasteiger partial charge in [-0.15, -0.1) is 0 Å². The molecule has 1 fully saturated rings. The van der Waals surface area contributed by atoms with Crippen molar-refractivity contribution >= 4 is 15.7 Å². The monoisotopic (exact) mass is 313 g/mol. The number of halogens is 1. The number of rotatable bonds is 5. The highest BCUT2D eigenvalue weighted by Crippen LogP contribution is 2.20. The summed E-state index contributed by atoms with van der Waals surface area (Å²) in [6.07, 6.45) is 0.178. The van der Waals surface area contributed by atoms with Crippen molar-refractivity contribution in [2.45, 2.75) is 25.5 Å². The molecule has 0 spiro atoms. The zero-order chi connectivity index (χ0) is 15.6. The Kier molecular flexibility index (Phi) is 4.66. The highest BCUT2D eigenvalue weighted by atomic mass is 32.2. The Morgan fingerprint density at radius 3 is 2.38 bits per heavy atom. The molecule has 0 atom stereocenters. The smallest absolute Gasteiger partial charge is 0.227 e. The number of likely N-dealkylation sites (tertiary alicyclic amines) is 1. The summed E-state index contributed by atoms with van der Waals surface area (Å²) in [6, 6.07) is 5.77. The first-order chi connectivity index (χ1) is 9.78. The standard InChI is InChI=1S/C15H20FNO3S/c1-11(2)10-21(19,20)14-8-17(9-14)15(18)7-12-3-5-13(16)6-4-12/h3-6,11,14H,7-10H2,1-2H3. The highest BCUT2D eigenvalue weighted by Gasteiger charge is 2.39. The predicted molar refractivity (Wildman–Crippen MR) is 79.1 cm³/mol. The maximum atomic E-state index is 12.8. The van der Waals surface area contributed by atoms with Crippen LogP contribution in [0.4, 0.5) is 4.39 Å². The van der Waals surface area contributed by atoms with Crippen LogP contribution in [0.1, 0.15) is 19.4 Å². The molecule has 0 unspecified atom stereocenters. The summed E-state index contributed by atoms with van der Waals surface area (Å²) in [6.45, 7) is 4.28. The summed E-state index contributed by atoms with van der Waals surface area (Å²) in [5.41, 5.74) is 0.731. The molecular formula is C15H20FNO3S. The molecule has 4 nitrogen and oxygen atoms in total.